The monoisotopic (exact) mass is 187 g/mol. The molecule has 0 radical (unpaired) electrons. The Morgan fingerprint density at radius 3 is 2.07 bits per heavy atom. The van der Waals surface area contributed by atoms with Gasteiger partial charge >= 0.3 is 0 Å². The van der Waals surface area contributed by atoms with Crippen LogP contribution in [0.3, 0.4) is 0 Å². The molecule has 1 aromatic rings. The molecule has 0 N–H and O–H groups in total. The van der Waals surface area contributed by atoms with Crippen LogP contribution in [0.2, 0.25) is 0 Å². The van der Waals surface area contributed by atoms with E-state index in [1.54, 1.807) is 0 Å². The Morgan fingerprint density at radius 1 is 1.14 bits per heavy atom. The Bertz CT molecular complexity index is 349. The van der Waals surface area contributed by atoms with Gasteiger partial charge in [-0.15, -0.1) is 0 Å². The molecule has 0 unspecified atom stereocenters. The van der Waals surface area contributed by atoms with Gasteiger partial charge in [0.1, 0.15) is 0 Å². The molecule has 0 aliphatic carbocycles. The van der Waals surface area contributed by atoms with E-state index in [-0.39, 0.29) is 5.41 Å². The van der Waals surface area contributed by atoms with Crippen LogP contribution in [-0.2, 0) is 6.42 Å². The van der Waals surface area contributed by atoms with Gasteiger partial charge in [0.15, 0.2) is 0 Å². The van der Waals surface area contributed by atoms with E-state index in [1.165, 1.54) is 16.7 Å². The predicted molar refractivity (Wildman–Crippen MR) is 59.0 cm³/mol. The van der Waals surface area contributed by atoms with E-state index in [0.717, 1.165) is 6.42 Å². The van der Waals surface area contributed by atoms with Crippen molar-refractivity contribution in [3.05, 3.63) is 34.9 Å². The lowest BCUT2D eigenvalue weighted by Gasteiger charge is -2.15. The van der Waals surface area contributed by atoms with Gasteiger partial charge in [0.05, 0.1) is 11.5 Å². The molecule has 74 valence electrons. The van der Waals surface area contributed by atoms with Crippen molar-refractivity contribution in [2.75, 3.05) is 0 Å². The first kappa shape index (κ1) is 10.8. The summed E-state index contributed by atoms with van der Waals surface area (Å²) in [5, 5.41) is 8.94. The minimum Gasteiger partial charge on any atom is -0.198 e. The summed E-state index contributed by atoms with van der Waals surface area (Å²) < 4.78 is 0. The molecule has 0 saturated carbocycles. The first-order chi connectivity index (χ1) is 6.43. The highest BCUT2D eigenvalue weighted by Crippen LogP contribution is 2.21. The van der Waals surface area contributed by atoms with Gasteiger partial charge in [-0.05, 0) is 39.7 Å². The second-order valence-corrected chi connectivity index (χ2v) is 4.67. The third kappa shape index (κ3) is 2.88. The lowest BCUT2D eigenvalue weighted by Crippen LogP contribution is -2.11. The molecule has 14 heavy (non-hydrogen) atoms. The van der Waals surface area contributed by atoms with Crippen LogP contribution in [-0.4, -0.2) is 0 Å². The molecule has 1 rings (SSSR count). The fraction of sp³-hybridized carbons (Fsp3) is 0.462. The highest BCUT2D eigenvalue weighted by atomic mass is 14.3. The van der Waals surface area contributed by atoms with Crippen molar-refractivity contribution in [3.63, 3.8) is 0 Å². The summed E-state index contributed by atoms with van der Waals surface area (Å²) in [6.45, 7) is 8.14. The van der Waals surface area contributed by atoms with Gasteiger partial charge in [0.25, 0.3) is 0 Å². The molecule has 0 aliphatic heterocycles. The van der Waals surface area contributed by atoms with E-state index in [1.807, 2.05) is 13.8 Å². The summed E-state index contributed by atoms with van der Waals surface area (Å²) in [5.74, 6) is 0. The molecule has 0 bridgehead atoms. The Morgan fingerprint density at radius 2 is 1.64 bits per heavy atom. The smallest absolute Gasteiger partial charge is 0.0687 e. The SMILES string of the molecule is Cc1cc(C)cc(CC(C)(C)C#N)c1. The quantitative estimate of drug-likeness (QED) is 0.696. The molecule has 0 heterocycles. The number of aryl methyl sites for hydroxylation is 2. The highest BCUT2D eigenvalue weighted by molar-refractivity contribution is 5.29. The topological polar surface area (TPSA) is 23.8 Å². The molecule has 1 heteroatoms. The van der Waals surface area contributed by atoms with Crippen LogP contribution in [0.5, 0.6) is 0 Å². The van der Waals surface area contributed by atoms with Crippen molar-refractivity contribution in [1.29, 1.82) is 5.26 Å². The zero-order valence-corrected chi connectivity index (χ0v) is 9.39. The predicted octanol–water partition coefficient (Wildman–Crippen LogP) is 3.40. The lowest BCUT2D eigenvalue weighted by molar-refractivity contribution is 0.493. The number of nitrogens with zero attached hydrogens (tertiary/aromatic N) is 1. The molecule has 0 fully saturated rings. The summed E-state index contributed by atoms with van der Waals surface area (Å²) >= 11 is 0. The van der Waals surface area contributed by atoms with Gasteiger partial charge < -0.3 is 0 Å². The Balaban J connectivity index is 2.94. The third-order valence-electron chi connectivity index (χ3n) is 2.23. The van der Waals surface area contributed by atoms with Crippen LogP contribution >= 0.6 is 0 Å². The second-order valence-electron chi connectivity index (χ2n) is 4.67. The summed E-state index contributed by atoms with van der Waals surface area (Å²) in [6.07, 6.45) is 0.825. The first-order valence-corrected chi connectivity index (χ1v) is 4.91. The number of hydrogen-bond acceptors (Lipinski definition) is 1. The minimum absolute atomic E-state index is 0.264. The van der Waals surface area contributed by atoms with Gasteiger partial charge in [0.2, 0.25) is 0 Å². The van der Waals surface area contributed by atoms with Crippen molar-refractivity contribution in [1.82, 2.24) is 0 Å². The third-order valence-corrected chi connectivity index (χ3v) is 2.23. The summed E-state index contributed by atoms with van der Waals surface area (Å²) in [4.78, 5) is 0. The Kier molecular flexibility index (Phi) is 2.96. The molecule has 0 aromatic heterocycles. The number of nitriles is 1. The summed E-state index contributed by atoms with van der Waals surface area (Å²) in [5.41, 5.74) is 3.54. The van der Waals surface area contributed by atoms with Crippen LogP contribution in [0, 0.1) is 30.6 Å². The molecule has 1 nitrogen and oxygen atoms in total. The number of hydrogen-bond donors (Lipinski definition) is 0. The fourth-order valence-electron chi connectivity index (χ4n) is 1.72. The zero-order chi connectivity index (χ0) is 10.8. The largest absolute Gasteiger partial charge is 0.198 e. The standard InChI is InChI=1S/C13H17N/c1-10-5-11(2)7-12(6-10)8-13(3,4)9-14/h5-7H,8H2,1-4H3. The second kappa shape index (κ2) is 3.84. The maximum atomic E-state index is 8.94. The maximum absolute atomic E-state index is 8.94. The first-order valence-electron chi connectivity index (χ1n) is 4.91. The molecule has 0 spiro atoms. The van der Waals surface area contributed by atoms with E-state index < -0.39 is 0 Å². The van der Waals surface area contributed by atoms with Gasteiger partial charge in [-0.3, -0.25) is 0 Å². The highest BCUT2D eigenvalue weighted by Gasteiger charge is 2.17. The van der Waals surface area contributed by atoms with E-state index in [4.69, 9.17) is 5.26 Å². The summed E-state index contributed by atoms with van der Waals surface area (Å²) in [7, 11) is 0. The van der Waals surface area contributed by atoms with Gasteiger partial charge in [-0.25, -0.2) is 0 Å². The van der Waals surface area contributed by atoms with Crippen molar-refractivity contribution >= 4 is 0 Å². The van der Waals surface area contributed by atoms with Crippen LogP contribution in [0.4, 0.5) is 0 Å². The van der Waals surface area contributed by atoms with Crippen molar-refractivity contribution < 1.29 is 0 Å². The number of rotatable bonds is 2. The van der Waals surface area contributed by atoms with Crippen molar-refractivity contribution in [2.45, 2.75) is 34.1 Å². The van der Waals surface area contributed by atoms with Crippen molar-refractivity contribution in [2.24, 2.45) is 5.41 Å². The normalized spacial score (nSPS) is 11.1. The van der Waals surface area contributed by atoms with Crippen LogP contribution < -0.4 is 0 Å². The fourth-order valence-corrected chi connectivity index (χ4v) is 1.72. The molecular formula is C13H17N. The van der Waals surface area contributed by atoms with Crippen LogP contribution in [0.1, 0.15) is 30.5 Å². The number of benzene rings is 1. The molecule has 0 aliphatic rings. The Labute approximate surface area is 86.4 Å². The lowest BCUT2D eigenvalue weighted by atomic mass is 9.86. The zero-order valence-electron chi connectivity index (χ0n) is 9.39. The summed E-state index contributed by atoms with van der Waals surface area (Å²) in [6, 6.07) is 8.80. The molecule has 0 atom stereocenters. The van der Waals surface area contributed by atoms with E-state index in [2.05, 4.69) is 38.1 Å². The van der Waals surface area contributed by atoms with Gasteiger partial charge in [-0.1, -0.05) is 29.3 Å². The van der Waals surface area contributed by atoms with Gasteiger partial charge in [-0.2, -0.15) is 5.26 Å². The molecule has 0 amide bonds. The van der Waals surface area contributed by atoms with E-state index >= 15 is 0 Å². The molecule has 1 aromatic carbocycles. The van der Waals surface area contributed by atoms with Crippen molar-refractivity contribution in [3.8, 4) is 6.07 Å². The minimum atomic E-state index is -0.264. The van der Waals surface area contributed by atoms with E-state index in [9.17, 15) is 0 Å². The van der Waals surface area contributed by atoms with Crippen LogP contribution in [0.25, 0.3) is 0 Å². The maximum Gasteiger partial charge on any atom is 0.0687 e. The average molecular weight is 187 g/mol. The molecular weight excluding hydrogens is 170 g/mol. The van der Waals surface area contributed by atoms with Gasteiger partial charge in [0, 0.05) is 0 Å². The average Bonchev–Trinajstić information content (AvgIpc) is 2.01. The van der Waals surface area contributed by atoms with Crippen LogP contribution in [0.15, 0.2) is 18.2 Å². The Hall–Kier alpha value is -1.29. The molecule has 0 saturated heterocycles. The van der Waals surface area contributed by atoms with E-state index in [0.29, 0.717) is 0 Å².